The maximum Gasteiger partial charge on any atom is 0.417 e. The van der Waals surface area contributed by atoms with Crippen molar-refractivity contribution in [2.75, 3.05) is 23.4 Å². The number of amides is 1. The molecule has 0 spiro atoms. The Morgan fingerprint density at radius 1 is 1.28 bits per heavy atom. The number of rotatable bonds is 8. The average Bonchev–Trinajstić information content (AvgIpc) is 3.49. The lowest BCUT2D eigenvalue weighted by Gasteiger charge is -2.21. The number of H-pyrrole nitrogens is 1. The molecular weight excluding hydrogens is 498 g/mol. The SMILES string of the molecule is CC[C@H]1COC(=O)N1c1nc(C)nc(NC2(c3cc4cc(Cl)c(OCC(F)F)cc4[nH]c3=O)CC2)n1. The number of aromatic nitrogens is 4. The molecule has 0 bridgehead atoms. The molecule has 2 aliphatic rings. The van der Waals surface area contributed by atoms with Crippen LogP contribution < -0.4 is 20.5 Å². The molecule has 10 nitrogen and oxygen atoms in total. The van der Waals surface area contributed by atoms with Gasteiger partial charge in [-0.3, -0.25) is 4.79 Å². The zero-order valence-electron chi connectivity index (χ0n) is 19.5. The van der Waals surface area contributed by atoms with Gasteiger partial charge in [0.05, 0.1) is 22.1 Å². The van der Waals surface area contributed by atoms with E-state index in [-0.39, 0.29) is 40.9 Å². The van der Waals surface area contributed by atoms with Gasteiger partial charge in [-0.15, -0.1) is 0 Å². The molecule has 1 aliphatic heterocycles. The number of cyclic esters (lactones) is 1. The molecule has 1 aliphatic carbocycles. The maximum atomic E-state index is 13.0. The van der Waals surface area contributed by atoms with Gasteiger partial charge in [-0.05, 0) is 38.3 Å². The van der Waals surface area contributed by atoms with Crippen LogP contribution in [-0.2, 0) is 10.3 Å². The Hall–Kier alpha value is -3.54. The molecule has 1 atom stereocenters. The molecule has 3 aromatic rings. The van der Waals surface area contributed by atoms with E-state index in [4.69, 9.17) is 21.1 Å². The third kappa shape index (κ3) is 4.52. The number of pyridine rings is 1. The summed E-state index contributed by atoms with van der Waals surface area (Å²) in [6, 6.07) is 4.52. The first-order valence-corrected chi connectivity index (χ1v) is 11.8. The van der Waals surface area contributed by atoms with E-state index in [9.17, 15) is 18.4 Å². The van der Waals surface area contributed by atoms with Crippen molar-refractivity contribution >= 4 is 40.5 Å². The van der Waals surface area contributed by atoms with E-state index in [1.165, 1.54) is 11.0 Å². The zero-order valence-corrected chi connectivity index (χ0v) is 20.2. The van der Waals surface area contributed by atoms with Gasteiger partial charge in [0.15, 0.2) is 0 Å². The minimum absolute atomic E-state index is 0.0612. The lowest BCUT2D eigenvalue weighted by atomic mass is 10.0. The molecular formula is C23H23ClF2N6O4. The molecule has 1 aromatic carbocycles. The summed E-state index contributed by atoms with van der Waals surface area (Å²) in [6.45, 7) is 3.09. The predicted octanol–water partition coefficient (Wildman–Crippen LogP) is 4.16. The van der Waals surface area contributed by atoms with Crippen molar-refractivity contribution < 1.29 is 23.0 Å². The van der Waals surface area contributed by atoms with Crippen LogP contribution in [0.25, 0.3) is 10.9 Å². The van der Waals surface area contributed by atoms with Crippen molar-refractivity contribution in [3.05, 3.63) is 45.0 Å². The van der Waals surface area contributed by atoms with Gasteiger partial charge in [0.25, 0.3) is 12.0 Å². The van der Waals surface area contributed by atoms with E-state index in [0.29, 0.717) is 41.6 Å². The molecule has 36 heavy (non-hydrogen) atoms. The smallest absolute Gasteiger partial charge is 0.417 e. The van der Waals surface area contributed by atoms with Gasteiger partial charge in [0.1, 0.15) is 24.8 Å². The number of hydrogen-bond acceptors (Lipinski definition) is 8. The number of nitrogens with zero attached hydrogens (tertiary/aromatic N) is 4. The second kappa shape index (κ2) is 9.16. The van der Waals surface area contributed by atoms with Gasteiger partial charge in [-0.2, -0.15) is 15.0 Å². The van der Waals surface area contributed by atoms with Crippen LogP contribution in [0.3, 0.4) is 0 Å². The summed E-state index contributed by atoms with van der Waals surface area (Å²) in [5.41, 5.74) is -0.210. The van der Waals surface area contributed by atoms with Crippen LogP contribution in [0, 0.1) is 6.92 Å². The standard InChI is InChI=1S/C23H23ClF2N6O4/c1-3-13-9-36-22(34)32(13)21-28-11(2)27-20(30-21)31-23(4-5-23)14-6-12-7-15(24)17(35-10-18(25)26)8-16(12)29-19(14)33/h6-8,13,18H,3-5,9-10H2,1-2H3,(H,29,33)(H,27,28,30,31)/t13-/m0/s1. The summed E-state index contributed by atoms with van der Waals surface area (Å²) in [5, 5.41) is 4.03. The minimum atomic E-state index is -2.65. The van der Waals surface area contributed by atoms with Gasteiger partial charge in [0.2, 0.25) is 11.9 Å². The molecule has 2 aromatic heterocycles. The first-order valence-electron chi connectivity index (χ1n) is 11.4. The number of hydrogen-bond donors (Lipinski definition) is 2. The number of ether oxygens (including phenoxy) is 2. The van der Waals surface area contributed by atoms with Crippen LogP contribution in [0.1, 0.15) is 37.6 Å². The van der Waals surface area contributed by atoms with Crippen LogP contribution in [0.4, 0.5) is 25.5 Å². The second-order valence-electron chi connectivity index (χ2n) is 8.81. The largest absolute Gasteiger partial charge is 0.486 e. The van der Waals surface area contributed by atoms with Gasteiger partial charge >= 0.3 is 6.09 Å². The molecule has 13 heteroatoms. The molecule has 2 fully saturated rings. The first kappa shape index (κ1) is 24.2. The fourth-order valence-electron chi connectivity index (χ4n) is 4.26. The van der Waals surface area contributed by atoms with E-state index >= 15 is 0 Å². The van der Waals surface area contributed by atoms with Crippen LogP contribution in [-0.4, -0.2) is 51.7 Å². The van der Waals surface area contributed by atoms with Gasteiger partial charge in [0, 0.05) is 17.0 Å². The Morgan fingerprint density at radius 2 is 2.06 bits per heavy atom. The van der Waals surface area contributed by atoms with Gasteiger partial charge < -0.3 is 19.8 Å². The topological polar surface area (TPSA) is 122 Å². The van der Waals surface area contributed by atoms with Crippen molar-refractivity contribution in [3.8, 4) is 5.75 Å². The Kier molecular flexibility index (Phi) is 6.15. The Morgan fingerprint density at radius 3 is 2.75 bits per heavy atom. The molecule has 1 saturated carbocycles. The van der Waals surface area contributed by atoms with Crippen molar-refractivity contribution in [3.63, 3.8) is 0 Å². The third-order valence-corrected chi connectivity index (χ3v) is 6.56. The third-order valence-electron chi connectivity index (χ3n) is 6.26. The number of carbonyl (C=O) groups is 1. The Labute approximate surface area is 209 Å². The van der Waals surface area contributed by atoms with Crippen molar-refractivity contribution in [1.29, 1.82) is 0 Å². The second-order valence-corrected chi connectivity index (χ2v) is 9.21. The van der Waals surface area contributed by atoms with Gasteiger partial charge in [-0.1, -0.05) is 18.5 Å². The molecule has 190 valence electrons. The number of nitrogens with one attached hydrogen (secondary N) is 2. The normalized spacial score (nSPS) is 18.6. The zero-order chi connectivity index (χ0) is 25.6. The number of alkyl halides is 2. The highest BCUT2D eigenvalue weighted by Crippen LogP contribution is 2.47. The summed E-state index contributed by atoms with van der Waals surface area (Å²) in [6.07, 6.45) is -1.20. The highest BCUT2D eigenvalue weighted by Gasteiger charge is 2.47. The highest BCUT2D eigenvalue weighted by atomic mass is 35.5. The van der Waals surface area contributed by atoms with Crippen molar-refractivity contribution in [2.24, 2.45) is 0 Å². The number of halogens is 3. The summed E-state index contributed by atoms with van der Waals surface area (Å²) in [4.78, 5) is 42.6. The molecule has 5 rings (SSSR count). The van der Waals surface area contributed by atoms with E-state index in [0.717, 1.165) is 0 Å². The Balaban J connectivity index is 1.46. The quantitative estimate of drug-likeness (QED) is 0.454. The van der Waals surface area contributed by atoms with Crippen molar-refractivity contribution in [1.82, 2.24) is 19.9 Å². The van der Waals surface area contributed by atoms with Crippen LogP contribution in [0.5, 0.6) is 5.75 Å². The van der Waals surface area contributed by atoms with E-state index in [2.05, 4.69) is 25.3 Å². The number of carbonyl (C=O) groups excluding carboxylic acids is 1. The monoisotopic (exact) mass is 520 g/mol. The first-order chi connectivity index (χ1) is 17.2. The van der Waals surface area contributed by atoms with Crippen molar-refractivity contribution in [2.45, 2.75) is 51.1 Å². The molecule has 2 N–H and O–H groups in total. The van der Waals surface area contributed by atoms with Gasteiger partial charge in [-0.25, -0.2) is 18.5 Å². The molecule has 3 heterocycles. The number of fused-ring (bicyclic) bond motifs is 1. The fourth-order valence-corrected chi connectivity index (χ4v) is 4.49. The lowest BCUT2D eigenvalue weighted by molar-refractivity contribution is 0.0820. The number of aromatic amines is 1. The van der Waals surface area contributed by atoms with Crippen LogP contribution in [0.2, 0.25) is 5.02 Å². The molecule has 1 amide bonds. The average molecular weight is 521 g/mol. The van der Waals surface area contributed by atoms with Crippen LogP contribution in [0.15, 0.2) is 23.0 Å². The maximum absolute atomic E-state index is 13.0. The highest BCUT2D eigenvalue weighted by molar-refractivity contribution is 6.32. The summed E-state index contributed by atoms with van der Waals surface area (Å²) in [7, 11) is 0. The van der Waals surface area contributed by atoms with E-state index < -0.39 is 24.7 Å². The fraction of sp³-hybridized carbons (Fsp3) is 0.435. The minimum Gasteiger partial charge on any atom is -0.486 e. The number of aryl methyl sites for hydroxylation is 1. The predicted molar refractivity (Wildman–Crippen MR) is 128 cm³/mol. The summed E-state index contributed by atoms with van der Waals surface area (Å²) in [5.74, 6) is 0.887. The number of benzene rings is 1. The van der Waals surface area contributed by atoms with E-state index in [1.54, 1.807) is 19.1 Å². The number of anilines is 2. The Bertz CT molecular complexity index is 1400. The summed E-state index contributed by atoms with van der Waals surface area (Å²) >= 11 is 6.22. The molecule has 0 unspecified atom stereocenters. The van der Waals surface area contributed by atoms with E-state index in [1.807, 2.05) is 6.92 Å². The molecule has 0 radical (unpaired) electrons. The summed E-state index contributed by atoms with van der Waals surface area (Å²) < 4.78 is 35.2. The molecule has 1 saturated heterocycles. The lowest BCUT2D eigenvalue weighted by Crippen LogP contribution is -2.35. The van der Waals surface area contributed by atoms with Crippen LogP contribution >= 0.6 is 11.6 Å².